The first-order chi connectivity index (χ1) is 17.0. The Morgan fingerprint density at radius 2 is 0.865 bits per heavy atom. The summed E-state index contributed by atoms with van der Waals surface area (Å²) in [6.07, 6.45) is 4.01. The van der Waals surface area contributed by atoms with Gasteiger partial charge in [0.15, 0.2) is 0 Å². The van der Waals surface area contributed by atoms with Crippen molar-refractivity contribution in [2.45, 2.75) is 40.5 Å². The Hall–Kier alpha value is -3.83. The van der Waals surface area contributed by atoms with Gasteiger partial charge in [-0.15, -0.1) is 0 Å². The van der Waals surface area contributed by atoms with Crippen LogP contribution in [0.15, 0.2) is 83.0 Å². The number of carbonyl (C=O) groups excluding carboxylic acids is 4. The molecule has 0 aliphatic heterocycles. The SMILES string of the molecule is CC(C)=CCC1=C([O-])c2ccccc2C(=O)C1=O.CC(C)=CCC1=C([O-])c2ccccc2C(=O)C1=O.[Ni+2]. The summed E-state index contributed by atoms with van der Waals surface area (Å²) < 4.78 is 0. The molecule has 37 heavy (non-hydrogen) atoms. The van der Waals surface area contributed by atoms with Crippen LogP contribution in [0.25, 0.3) is 11.5 Å². The first-order valence-corrected chi connectivity index (χ1v) is 11.5. The van der Waals surface area contributed by atoms with E-state index in [1.54, 1.807) is 48.6 Å². The maximum absolute atomic E-state index is 12.1. The predicted molar refractivity (Wildman–Crippen MR) is 133 cm³/mol. The van der Waals surface area contributed by atoms with Crippen LogP contribution >= 0.6 is 0 Å². The summed E-state index contributed by atoms with van der Waals surface area (Å²) in [5.41, 5.74) is 3.25. The van der Waals surface area contributed by atoms with Crippen molar-refractivity contribution in [1.29, 1.82) is 0 Å². The first-order valence-electron chi connectivity index (χ1n) is 11.5. The van der Waals surface area contributed by atoms with E-state index in [1.165, 1.54) is 12.1 Å². The predicted octanol–water partition coefficient (Wildman–Crippen LogP) is 3.76. The second-order valence-corrected chi connectivity index (χ2v) is 8.99. The number of hydrogen-bond donors (Lipinski definition) is 0. The molecule has 2 aliphatic rings. The molecule has 7 heteroatoms. The molecule has 6 nitrogen and oxygen atoms in total. The van der Waals surface area contributed by atoms with Crippen LogP contribution in [0.4, 0.5) is 0 Å². The van der Waals surface area contributed by atoms with E-state index >= 15 is 0 Å². The van der Waals surface area contributed by atoms with Gasteiger partial charge in [0.1, 0.15) is 0 Å². The van der Waals surface area contributed by atoms with Crippen LogP contribution < -0.4 is 10.2 Å². The normalized spacial score (nSPS) is 14.2. The van der Waals surface area contributed by atoms with Crippen LogP contribution in [0, 0.1) is 0 Å². The fourth-order valence-corrected chi connectivity index (χ4v) is 3.79. The maximum atomic E-state index is 12.1. The van der Waals surface area contributed by atoms with Crippen LogP contribution in [-0.4, -0.2) is 23.1 Å². The van der Waals surface area contributed by atoms with Gasteiger partial charge in [0.25, 0.3) is 0 Å². The van der Waals surface area contributed by atoms with Gasteiger partial charge in [-0.3, -0.25) is 19.2 Å². The molecule has 2 aromatic carbocycles. The second kappa shape index (κ2) is 12.4. The van der Waals surface area contributed by atoms with Gasteiger partial charge in [0.05, 0.1) is 0 Å². The number of ketones is 4. The zero-order valence-corrected chi connectivity index (χ0v) is 21.9. The third kappa shape index (κ3) is 6.30. The standard InChI is InChI=1S/2C15H14O3.Ni/c2*1-9(2)7-8-12-13(16)10-5-3-4-6-11(10)14(17)15(12)18;/h2*3-7,16H,8H2,1-2H3;/q;;+2/p-2. The molecular formula is C30H26NiO6. The summed E-state index contributed by atoms with van der Waals surface area (Å²) in [5.74, 6) is -3.16. The van der Waals surface area contributed by atoms with Gasteiger partial charge in [0, 0.05) is 22.3 Å². The van der Waals surface area contributed by atoms with Crippen LogP contribution in [0.2, 0.25) is 0 Å². The Kier molecular flexibility index (Phi) is 9.87. The molecule has 192 valence electrons. The molecule has 0 atom stereocenters. The average molecular weight is 541 g/mol. The van der Waals surface area contributed by atoms with Crippen LogP contribution in [-0.2, 0) is 26.1 Å². The van der Waals surface area contributed by atoms with Gasteiger partial charge in [-0.05, 0) is 51.7 Å². The van der Waals surface area contributed by atoms with E-state index in [0.29, 0.717) is 11.1 Å². The van der Waals surface area contributed by atoms with Crippen molar-refractivity contribution in [3.8, 4) is 0 Å². The van der Waals surface area contributed by atoms with E-state index in [0.717, 1.165) is 11.1 Å². The summed E-state index contributed by atoms with van der Waals surface area (Å²) >= 11 is 0. The van der Waals surface area contributed by atoms with E-state index in [-0.39, 0.29) is 63.1 Å². The molecule has 0 heterocycles. The Bertz CT molecular complexity index is 1290. The maximum Gasteiger partial charge on any atom is 2.00 e. The smallest absolute Gasteiger partial charge is 0.872 e. The quantitative estimate of drug-likeness (QED) is 0.331. The van der Waals surface area contributed by atoms with Crippen molar-refractivity contribution in [3.05, 3.63) is 105 Å². The molecule has 2 aromatic rings. The van der Waals surface area contributed by atoms with Crippen molar-refractivity contribution >= 4 is 34.7 Å². The van der Waals surface area contributed by atoms with Gasteiger partial charge < -0.3 is 10.2 Å². The first kappa shape index (κ1) is 29.4. The number of fused-ring (bicyclic) bond motifs is 2. The van der Waals surface area contributed by atoms with Gasteiger partial charge in [-0.1, -0.05) is 83.3 Å². The minimum absolute atomic E-state index is 0. The molecule has 0 fully saturated rings. The van der Waals surface area contributed by atoms with Crippen molar-refractivity contribution in [2.24, 2.45) is 0 Å². The van der Waals surface area contributed by atoms with Gasteiger partial charge in [0.2, 0.25) is 23.1 Å². The van der Waals surface area contributed by atoms with Gasteiger partial charge in [-0.25, -0.2) is 0 Å². The minimum atomic E-state index is -0.670. The fourth-order valence-electron chi connectivity index (χ4n) is 3.79. The summed E-state index contributed by atoms with van der Waals surface area (Å²) in [6.45, 7) is 7.53. The summed E-state index contributed by atoms with van der Waals surface area (Å²) in [4.78, 5) is 47.5. The monoisotopic (exact) mass is 540 g/mol. The molecular weight excluding hydrogens is 515 g/mol. The Morgan fingerprint density at radius 3 is 1.16 bits per heavy atom. The molecule has 0 saturated carbocycles. The topological polar surface area (TPSA) is 114 Å². The Balaban J connectivity index is 0.000000253. The minimum Gasteiger partial charge on any atom is -0.872 e. The number of rotatable bonds is 4. The number of Topliss-reactive ketones (excluding diaryl/α,β-unsaturated/α-hetero) is 4. The van der Waals surface area contributed by atoms with E-state index in [2.05, 4.69) is 0 Å². The zero-order valence-electron chi connectivity index (χ0n) is 21.0. The molecule has 2 aliphatic carbocycles. The molecule has 0 saturated heterocycles. The van der Waals surface area contributed by atoms with Gasteiger partial charge >= 0.3 is 16.5 Å². The molecule has 0 radical (unpaired) electrons. The molecule has 0 unspecified atom stereocenters. The van der Waals surface area contributed by atoms with E-state index < -0.39 is 23.1 Å². The van der Waals surface area contributed by atoms with Crippen LogP contribution in [0.5, 0.6) is 0 Å². The van der Waals surface area contributed by atoms with Crippen molar-refractivity contribution in [1.82, 2.24) is 0 Å². The molecule has 0 spiro atoms. The van der Waals surface area contributed by atoms with Gasteiger partial charge in [-0.2, -0.15) is 0 Å². The van der Waals surface area contributed by atoms with E-state index in [4.69, 9.17) is 0 Å². The van der Waals surface area contributed by atoms with Crippen molar-refractivity contribution in [2.75, 3.05) is 0 Å². The fraction of sp³-hybridized carbons (Fsp3) is 0.200. The second-order valence-electron chi connectivity index (χ2n) is 8.99. The molecule has 0 aromatic heterocycles. The Labute approximate surface area is 226 Å². The van der Waals surface area contributed by atoms with Crippen LogP contribution in [0.3, 0.4) is 0 Å². The molecule has 0 N–H and O–H groups in total. The van der Waals surface area contributed by atoms with Crippen molar-refractivity contribution in [3.63, 3.8) is 0 Å². The van der Waals surface area contributed by atoms with Crippen LogP contribution in [0.1, 0.15) is 72.4 Å². The molecule has 0 bridgehead atoms. The number of benzene rings is 2. The number of hydrogen-bond acceptors (Lipinski definition) is 6. The largest absolute Gasteiger partial charge is 2.00 e. The summed E-state index contributed by atoms with van der Waals surface area (Å²) in [5, 5.41) is 24.3. The average Bonchev–Trinajstić information content (AvgIpc) is 2.86. The molecule has 4 rings (SSSR count). The Morgan fingerprint density at radius 1 is 0.568 bits per heavy atom. The third-order valence-electron chi connectivity index (χ3n) is 5.77. The number of carbonyl (C=O) groups is 4. The summed E-state index contributed by atoms with van der Waals surface area (Å²) in [7, 11) is 0. The van der Waals surface area contributed by atoms with E-state index in [9.17, 15) is 29.4 Å². The number of allylic oxidation sites excluding steroid dienone is 6. The third-order valence-corrected chi connectivity index (χ3v) is 5.77. The summed E-state index contributed by atoms with van der Waals surface area (Å²) in [6, 6.07) is 12.9. The zero-order chi connectivity index (χ0) is 26.6. The van der Waals surface area contributed by atoms with E-state index in [1.807, 2.05) is 27.7 Å². The molecule has 0 amide bonds. The van der Waals surface area contributed by atoms with Crippen molar-refractivity contribution < 1.29 is 45.9 Å².